The maximum atomic E-state index is 14.6. The molecule has 2 fully saturated rings. The van der Waals surface area contributed by atoms with E-state index in [0.29, 0.717) is 30.0 Å². The Hall–Kier alpha value is -3.53. The molecule has 1 amide bonds. The minimum atomic E-state index is -0.559. The Balaban J connectivity index is 1.08. The first kappa shape index (κ1) is 23.8. The number of nitrogens with zero attached hydrogens (tertiary/aromatic N) is 4. The summed E-state index contributed by atoms with van der Waals surface area (Å²) in [6, 6.07) is 5.60. The molecule has 9 nitrogen and oxygen atoms in total. The molecule has 0 unspecified atom stereocenters. The molecule has 0 aromatic carbocycles. The van der Waals surface area contributed by atoms with E-state index in [1.807, 2.05) is 12.3 Å². The number of nitrogens with one attached hydrogen (secondary N) is 4. The average molecular weight is 505 g/mol. The lowest BCUT2D eigenvalue weighted by atomic mass is 9.83. The number of anilines is 3. The molecule has 0 saturated carbocycles. The summed E-state index contributed by atoms with van der Waals surface area (Å²) in [5.74, 6) is 1.83. The Kier molecular flexibility index (Phi) is 6.73. The van der Waals surface area contributed by atoms with Gasteiger partial charge in [-0.2, -0.15) is 0 Å². The molecule has 4 N–H and O–H groups in total. The van der Waals surface area contributed by atoms with Crippen molar-refractivity contribution in [3.63, 3.8) is 0 Å². The largest absolute Gasteiger partial charge is 0.370 e. The summed E-state index contributed by atoms with van der Waals surface area (Å²) < 4.78 is 14.6. The molecule has 0 atom stereocenters. The van der Waals surface area contributed by atoms with Gasteiger partial charge in [0, 0.05) is 31.7 Å². The van der Waals surface area contributed by atoms with Crippen molar-refractivity contribution in [1.82, 2.24) is 30.6 Å². The molecule has 0 aliphatic carbocycles. The molecule has 0 spiro atoms. The Morgan fingerprint density at radius 2 is 1.84 bits per heavy atom. The summed E-state index contributed by atoms with van der Waals surface area (Å²) in [6.07, 6.45) is 10.2. The average Bonchev–Trinajstić information content (AvgIpc) is 3.37. The van der Waals surface area contributed by atoms with Crippen LogP contribution in [0.1, 0.15) is 48.2 Å². The van der Waals surface area contributed by atoms with Gasteiger partial charge in [0.2, 0.25) is 5.95 Å². The number of amides is 1. The van der Waals surface area contributed by atoms with E-state index in [4.69, 9.17) is 0 Å². The van der Waals surface area contributed by atoms with Crippen LogP contribution in [0.15, 0.2) is 30.6 Å². The summed E-state index contributed by atoms with van der Waals surface area (Å²) in [6.45, 7) is 5.03. The summed E-state index contributed by atoms with van der Waals surface area (Å²) in [5, 5.41) is 9.34. The maximum Gasteiger partial charge on any atom is 0.253 e. The topological polar surface area (TPSA) is 111 Å². The highest BCUT2D eigenvalue weighted by molar-refractivity contribution is 5.97. The van der Waals surface area contributed by atoms with Crippen molar-refractivity contribution in [3.05, 3.63) is 47.7 Å². The van der Waals surface area contributed by atoms with Crippen molar-refractivity contribution in [1.29, 1.82) is 0 Å². The second kappa shape index (κ2) is 10.5. The van der Waals surface area contributed by atoms with E-state index >= 15 is 0 Å². The number of hydrogen-bond acceptors (Lipinski definition) is 7. The van der Waals surface area contributed by atoms with E-state index in [9.17, 15) is 9.18 Å². The van der Waals surface area contributed by atoms with Gasteiger partial charge in [-0.3, -0.25) is 4.79 Å². The molecule has 3 aliphatic heterocycles. The number of pyridine rings is 1. The van der Waals surface area contributed by atoms with Crippen LogP contribution < -0.4 is 20.9 Å². The smallest absolute Gasteiger partial charge is 0.253 e. The van der Waals surface area contributed by atoms with Crippen molar-refractivity contribution in [2.24, 2.45) is 11.8 Å². The molecule has 3 aromatic heterocycles. The molecular weight excluding hydrogens is 471 g/mol. The van der Waals surface area contributed by atoms with Gasteiger partial charge < -0.3 is 25.8 Å². The van der Waals surface area contributed by atoms with E-state index in [-0.39, 0.29) is 17.5 Å². The third-order valence-electron chi connectivity index (χ3n) is 7.90. The number of fused-ring (bicyclic) bond motifs is 1. The molecule has 6 heterocycles. The summed E-state index contributed by atoms with van der Waals surface area (Å²) in [5.41, 5.74) is 3.00. The number of carbonyl (C=O) groups excluding carboxylic acids is 1. The third kappa shape index (κ3) is 5.29. The van der Waals surface area contributed by atoms with Crippen molar-refractivity contribution in [2.45, 2.75) is 38.5 Å². The molecule has 0 radical (unpaired) electrons. The molecule has 3 aliphatic rings. The fraction of sp³-hybridized carbons (Fsp3) is 0.481. The highest BCUT2D eigenvalue weighted by Crippen LogP contribution is 2.31. The highest BCUT2D eigenvalue weighted by atomic mass is 19.1. The van der Waals surface area contributed by atoms with E-state index in [0.717, 1.165) is 42.5 Å². The highest BCUT2D eigenvalue weighted by Gasteiger charge is 2.24. The second-order valence-electron chi connectivity index (χ2n) is 10.4. The number of aromatic nitrogens is 4. The molecule has 2 saturated heterocycles. The van der Waals surface area contributed by atoms with Crippen LogP contribution in [0.3, 0.4) is 0 Å². The fourth-order valence-corrected chi connectivity index (χ4v) is 5.81. The van der Waals surface area contributed by atoms with Crippen molar-refractivity contribution in [3.8, 4) is 11.4 Å². The first-order valence-corrected chi connectivity index (χ1v) is 13.3. The number of hydrogen-bond donors (Lipinski definition) is 4. The predicted molar refractivity (Wildman–Crippen MR) is 140 cm³/mol. The maximum absolute atomic E-state index is 14.6. The van der Waals surface area contributed by atoms with Crippen LogP contribution in [0.4, 0.5) is 21.8 Å². The fourth-order valence-electron chi connectivity index (χ4n) is 5.81. The summed E-state index contributed by atoms with van der Waals surface area (Å²) in [7, 11) is 0. The van der Waals surface area contributed by atoms with Crippen LogP contribution in [-0.2, 0) is 6.42 Å². The third-order valence-corrected chi connectivity index (χ3v) is 7.90. The first-order valence-electron chi connectivity index (χ1n) is 13.3. The van der Waals surface area contributed by atoms with Gasteiger partial charge in [-0.15, -0.1) is 0 Å². The van der Waals surface area contributed by atoms with E-state index in [1.54, 1.807) is 6.07 Å². The number of rotatable bonds is 6. The van der Waals surface area contributed by atoms with E-state index < -0.39 is 5.82 Å². The molecule has 194 valence electrons. The van der Waals surface area contributed by atoms with Crippen LogP contribution in [0.2, 0.25) is 0 Å². The zero-order valence-corrected chi connectivity index (χ0v) is 20.9. The number of halogens is 1. The van der Waals surface area contributed by atoms with Gasteiger partial charge in [-0.25, -0.2) is 19.3 Å². The zero-order valence-electron chi connectivity index (χ0n) is 20.9. The number of carbonyl (C=O) groups is 1. The van der Waals surface area contributed by atoms with E-state index in [2.05, 4.69) is 46.9 Å². The molecule has 6 rings (SSSR count). The Bertz CT molecular complexity index is 1250. The summed E-state index contributed by atoms with van der Waals surface area (Å²) >= 11 is 0. The van der Waals surface area contributed by atoms with Gasteiger partial charge >= 0.3 is 0 Å². The number of piperidine rings is 2. The Morgan fingerprint density at radius 1 is 1.03 bits per heavy atom. The lowest BCUT2D eigenvalue weighted by Gasteiger charge is -2.35. The van der Waals surface area contributed by atoms with Crippen LogP contribution in [0, 0.1) is 17.7 Å². The second-order valence-corrected chi connectivity index (χ2v) is 10.4. The summed E-state index contributed by atoms with van der Waals surface area (Å²) in [4.78, 5) is 30.6. The molecular formula is C27H33FN8O. The Labute approximate surface area is 215 Å². The minimum absolute atomic E-state index is 0.115. The SMILES string of the molecule is O=C1NCCc2[nH]c(-c3nc(Nc4ccc(N5CCC(CC6CCNCC6)CC5)cn4)ncc3F)cc21. The lowest BCUT2D eigenvalue weighted by molar-refractivity contribution is 0.0946. The van der Waals surface area contributed by atoms with Crippen LogP contribution in [-0.4, -0.2) is 58.6 Å². The van der Waals surface area contributed by atoms with Gasteiger partial charge in [0.1, 0.15) is 11.5 Å². The van der Waals surface area contributed by atoms with Crippen LogP contribution in [0.5, 0.6) is 0 Å². The minimum Gasteiger partial charge on any atom is -0.370 e. The standard InChI is InChI=1S/C27H33FN8O/c28-21-16-32-27(35-25(21)23-14-20-22(33-23)5-10-30-26(20)37)34-24-2-1-19(15-31-24)36-11-6-18(7-12-36)13-17-3-8-29-9-4-17/h1-2,14-18,29,33H,3-13H2,(H,30,37)(H,31,32,34,35). The van der Waals surface area contributed by atoms with Gasteiger partial charge in [-0.1, -0.05) is 0 Å². The Morgan fingerprint density at radius 3 is 2.59 bits per heavy atom. The van der Waals surface area contributed by atoms with Crippen molar-refractivity contribution >= 4 is 23.4 Å². The molecule has 37 heavy (non-hydrogen) atoms. The zero-order chi connectivity index (χ0) is 25.2. The molecule has 10 heteroatoms. The lowest BCUT2D eigenvalue weighted by Crippen LogP contribution is -2.35. The van der Waals surface area contributed by atoms with Gasteiger partial charge in [-0.05, 0) is 75.2 Å². The molecule has 3 aromatic rings. The number of H-pyrrole nitrogens is 1. The van der Waals surface area contributed by atoms with Gasteiger partial charge in [0.25, 0.3) is 5.91 Å². The normalized spacial score (nSPS) is 18.9. The number of aromatic amines is 1. The van der Waals surface area contributed by atoms with Gasteiger partial charge in [0.15, 0.2) is 5.82 Å². The monoisotopic (exact) mass is 504 g/mol. The van der Waals surface area contributed by atoms with E-state index in [1.165, 1.54) is 45.2 Å². The van der Waals surface area contributed by atoms with Crippen LogP contribution in [0.25, 0.3) is 11.4 Å². The van der Waals surface area contributed by atoms with Crippen molar-refractivity contribution in [2.75, 3.05) is 42.9 Å². The van der Waals surface area contributed by atoms with Crippen LogP contribution >= 0.6 is 0 Å². The quantitative estimate of drug-likeness (QED) is 0.406. The first-order chi connectivity index (χ1) is 18.1. The van der Waals surface area contributed by atoms with Crippen molar-refractivity contribution < 1.29 is 9.18 Å². The molecule has 0 bridgehead atoms. The van der Waals surface area contributed by atoms with Gasteiger partial charge in [0.05, 0.1) is 29.3 Å². The predicted octanol–water partition coefficient (Wildman–Crippen LogP) is 3.64.